The average molecular weight is 282 g/mol. The first-order valence-electron chi connectivity index (χ1n) is 6.95. The summed E-state index contributed by atoms with van der Waals surface area (Å²) in [5, 5.41) is 7.38. The molecule has 6 heteroatoms. The van der Waals surface area contributed by atoms with Gasteiger partial charge in [-0.15, -0.1) is 0 Å². The fourth-order valence-electron chi connectivity index (χ4n) is 2.44. The van der Waals surface area contributed by atoms with E-state index in [0.717, 1.165) is 37.8 Å². The minimum absolute atomic E-state index is 0.0500. The summed E-state index contributed by atoms with van der Waals surface area (Å²) in [5.41, 5.74) is 6.10. The lowest BCUT2D eigenvalue weighted by Crippen LogP contribution is -2.47. The summed E-state index contributed by atoms with van der Waals surface area (Å²) in [7, 11) is 0. The highest BCUT2D eigenvalue weighted by Gasteiger charge is 2.18. The summed E-state index contributed by atoms with van der Waals surface area (Å²) >= 11 is 0. The van der Waals surface area contributed by atoms with Crippen LogP contribution in [0.2, 0.25) is 0 Å². The van der Waals surface area contributed by atoms with Gasteiger partial charge >= 0.3 is 0 Å². The zero-order valence-electron chi connectivity index (χ0n) is 11.7. The highest BCUT2D eigenvalue weighted by molar-refractivity contribution is 5.94. The number of hydrogen-bond donors (Lipinski definition) is 2. The Hall–Kier alpha value is -2.63. The molecule has 3 rings (SSSR count). The summed E-state index contributed by atoms with van der Waals surface area (Å²) in [5.74, 6) is 2.01. The summed E-state index contributed by atoms with van der Waals surface area (Å²) in [4.78, 5) is 13.3. The zero-order chi connectivity index (χ0) is 14.7. The largest absolute Gasteiger partial charge is 0.384 e. The van der Waals surface area contributed by atoms with Crippen LogP contribution in [-0.2, 0) is 0 Å². The van der Waals surface area contributed by atoms with Gasteiger partial charge in [-0.1, -0.05) is 6.07 Å². The van der Waals surface area contributed by atoms with Crippen LogP contribution in [0.3, 0.4) is 0 Å². The van der Waals surface area contributed by atoms with Crippen molar-refractivity contribution in [3.8, 4) is 0 Å². The standard InChI is InChI=1S/C15H18N6/c16-15(17)12-4-5-14(19-11-12)21-9-7-20(8-10-21)13-3-1-2-6-18-13/h1-6,11H,7-10H2,(H3,16,17). The van der Waals surface area contributed by atoms with Crippen LogP contribution in [-0.4, -0.2) is 42.0 Å². The van der Waals surface area contributed by atoms with E-state index in [-0.39, 0.29) is 5.84 Å². The van der Waals surface area contributed by atoms with E-state index in [9.17, 15) is 0 Å². The maximum atomic E-state index is 7.38. The Morgan fingerprint density at radius 1 is 0.952 bits per heavy atom. The summed E-state index contributed by atoms with van der Waals surface area (Å²) in [6.07, 6.45) is 3.48. The Bertz CT molecular complexity index is 602. The number of nitrogens with one attached hydrogen (secondary N) is 1. The SMILES string of the molecule is N=C(N)c1ccc(N2CCN(c3ccccn3)CC2)nc1. The van der Waals surface area contributed by atoms with Crippen LogP contribution in [0, 0.1) is 5.41 Å². The van der Waals surface area contributed by atoms with Gasteiger partial charge < -0.3 is 15.5 Å². The molecule has 2 aromatic heterocycles. The Labute approximate surface area is 123 Å². The molecule has 0 saturated carbocycles. The summed E-state index contributed by atoms with van der Waals surface area (Å²) < 4.78 is 0. The van der Waals surface area contributed by atoms with Crippen molar-refractivity contribution in [2.45, 2.75) is 0 Å². The van der Waals surface area contributed by atoms with Gasteiger partial charge in [-0.05, 0) is 24.3 Å². The van der Waals surface area contributed by atoms with E-state index < -0.39 is 0 Å². The molecule has 0 amide bonds. The first-order valence-corrected chi connectivity index (χ1v) is 6.95. The molecule has 0 aliphatic carbocycles. The number of piperazine rings is 1. The molecule has 0 spiro atoms. The molecule has 3 N–H and O–H groups in total. The van der Waals surface area contributed by atoms with E-state index in [1.807, 2.05) is 36.5 Å². The smallest absolute Gasteiger partial charge is 0.128 e. The number of nitrogens with zero attached hydrogens (tertiary/aromatic N) is 4. The van der Waals surface area contributed by atoms with Crippen molar-refractivity contribution in [1.82, 2.24) is 9.97 Å². The minimum Gasteiger partial charge on any atom is -0.384 e. The van der Waals surface area contributed by atoms with E-state index in [2.05, 4.69) is 19.8 Å². The van der Waals surface area contributed by atoms with Crippen molar-refractivity contribution in [1.29, 1.82) is 5.41 Å². The van der Waals surface area contributed by atoms with Gasteiger partial charge in [0.1, 0.15) is 17.5 Å². The molecule has 1 saturated heterocycles. The predicted octanol–water partition coefficient (Wildman–Crippen LogP) is 1.09. The molecule has 1 aliphatic rings. The number of aromatic nitrogens is 2. The number of pyridine rings is 2. The van der Waals surface area contributed by atoms with E-state index in [1.54, 1.807) is 6.20 Å². The van der Waals surface area contributed by atoms with Crippen LogP contribution in [0.5, 0.6) is 0 Å². The highest BCUT2D eigenvalue weighted by atomic mass is 15.3. The lowest BCUT2D eigenvalue weighted by Gasteiger charge is -2.36. The summed E-state index contributed by atoms with van der Waals surface area (Å²) in [6, 6.07) is 9.75. The normalized spacial score (nSPS) is 15.0. The van der Waals surface area contributed by atoms with Crippen molar-refractivity contribution in [3.05, 3.63) is 48.3 Å². The fraction of sp³-hybridized carbons (Fsp3) is 0.267. The van der Waals surface area contributed by atoms with Crippen molar-refractivity contribution in [3.63, 3.8) is 0 Å². The van der Waals surface area contributed by atoms with Crippen LogP contribution in [0.1, 0.15) is 5.56 Å². The monoisotopic (exact) mass is 282 g/mol. The van der Waals surface area contributed by atoms with Crippen LogP contribution in [0.4, 0.5) is 11.6 Å². The molecule has 21 heavy (non-hydrogen) atoms. The Balaban J connectivity index is 1.64. The molecule has 2 aromatic rings. The lowest BCUT2D eigenvalue weighted by atomic mass is 10.2. The molecule has 6 nitrogen and oxygen atoms in total. The Morgan fingerprint density at radius 3 is 2.10 bits per heavy atom. The molecule has 1 fully saturated rings. The maximum absolute atomic E-state index is 7.38. The third-order valence-electron chi connectivity index (χ3n) is 3.64. The predicted molar refractivity (Wildman–Crippen MR) is 83.9 cm³/mol. The molecule has 0 bridgehead atoms. The van der Waals surface area contributed by atoms with Gasteiger partial charge in [0.25, 0.3) is 0 Å². The van der Waals surface area contributed by atoms with Gasteiger partial charge in [0.05, 0.1) is 0 Å². The molecule has 0 aromatic carbocycles. The van der Waals surface area contributed by atoms with Crippen LogP contribution >= 0.6 is 0 Å². The van der Waals surface area contributed by atoms with Crippen LogP contribution < -0.4 is 15.5 Å². The number of nitrogen functional groups attached to an aromatic ring is 1. The minimum atomic E-state index is 0.0500. The molecular formula is C15H18N6. The van der Waals surface area contributed by atoms with E-state index in [0.29, 0.717) is 5.56 Å². The Morgan fingerprint density at radius 2 is 1.62 bits per heavy atom. The van der Waals surface area contributed by atoms with Crippen molar-refractivity contribution in [2.24, 2.45) is 5.73 Å². The van der Waals surface area contributed by atoms with E-state index in [1.165, 1.54) is 0 Å². The van der Waals surface area contributed by atoms with Gasteiger partial charge in [-0.3, -0.25) is 5.41 Å². The first kappa shape index (κ1) is 13.4. The van der Waals surface area contributed by atoms with Gasteiger partial charge in [0.2, 0.25) is 0 Å². The highest BCUT2D eigenvalue weighted by Crippen LogP contribution is 2.17. The van der Waals surface area contributed by atoms with Crippen LogP contribution in [0.15, 0.2) is 42.7 Å². The van der Waals surface area contributed by atoms with Crippen molar-refractivity contribution >= 4 is 17.5 Å². The topological polar surface area (TPSA) is 82.1 Å². The number of amidine groups is 1. The Kier molecular flexibility index (Phi) is 3.68. The molecule has 1 aliphatic heterocycles. The van der Waals surface area contributed by atoms with Crippen molar-refractivity contribution < 1.29 is 0 Å². The molecule has 0 radical (unpaired) electrons. The quantitative estimate of drug-likeness (QED) is 0.650. The second-order valence-electron chi connectivity index (χ2n) is 4.98. The molecule has 0 unspecified atom stereocenters. The second-order valence-corrected chi connectivity index (χ2v) is 4.98. The summed E-state index contributed by atoms with van der Waals surface area (Å²) in [6.45, 7) is 3.66. The first-order chi connectivity index (χ1) is 10.2. The van der Waals surface area contributed by atoms with Gasteiger partial charge in [-0.2, -0.15) is 0 Å². The third kappa shape index (κ3) is 2.94. The van der Waals surface area contributed by atoms with Gasteiger partial charge in [0.15, 0.2) is 0 Å². The van der Waals surface area contributed by atoms with E-state index in [4.69, 9.17) is 11.1 Å². The second kappa shape index (κ2) is 5.78. The zero-order valence-corrected chi connectivity index (χ0v) is 11.7. The molecule has 0 atom stereocenters. The van der Waals surface area contributed by atoms with Crippen LogP contribution in [0.25, 0.3) is 0 Å². The van der Waals surface area contributed by atoms with Gasteiger partial charge in [-0.25, -0.2) is 9.97 Å². The lowest BCUT2D eigenvalue weighted by molar-refractivity contribution is 0.642. The molecule has 108 valence electrons. The maximum Gasteiger partial charge on any atom is 0.128 e. The number of rotatable bonds is 3. The number of hydrogen-bond acceptors (Lipinski definition) is 5. The molecular weight excluding hydrogens is 264 g/mol. The van der Waals surface area contributed by atoms with E-state index >= 15 is 0 Å². The fourth-order valence-corrected chi connectivity index (χ4v) is 2.44. The molecule has 3 heterocycles. The number of anilines is 2. The number of nitrogens with two attached hydrogens (primary N) is 1. The average Bonchev–Trinajstić information content (AvgIpc) is 2.56. The van der Waals surface area contributed by atoms with Gasteiger partial charge in [0, 0.05) is 44.1 Å². The third-order valence-corrected chi connectivity index (χ3v) is 3.64. The van der Waals surface area contributed by atoms with Crippen molar-refractivity contribution in [2.75, 3.05) is 36.0 Å².